The molecule has 0 unspecified atom stereocenters. The Balaban J connectivity index is 1.42. The van der Waals surface area contributed by atoms with E-state index in [-0.39, 0.29) is 12.5 Å². The van der Waals surface area contributed by atoms with Crippen LogP contribution in [-0.4, -0.2) is 18.7 Å². The summed E-state index contributed by atoms with van der Waals surface area (Å²) in [6.45, 7) is 4.31. The van der Waals surface area contributed by atoms with Crippen LogP contribution in [0.25, 0.3) is 0 Å². The maximum absolute atomic E-state index is 11.9. The average Bonchev–Trinajstić information content (AvgIpc) is 2.75. The number of hydrogen-bond donors (Lipinski definition) is 1. The first kappa shape index (κ1) is 21.4. The zero-order chi connectivity index (χ0) is 21.3. The average molecular weight is 423 g/mol. The van der Waals surface area contributed by atoms with Crippen LogP contribution in [0.2, 0.25) is 5.02 Å². The minimum atomic E-state index is -0.350. The predicted octanol–water partition coefficient (Wildman–Crippen LogP) is 5.06. The van der Waals surface area contributed by atoms with Crippen LogP contribution in [0.15, 0.2) is 71.8 Å². The van der Waals surface area contributed by atoms with Gasteiger partial charge in [0.25, 0.3) is 5.91 Å². The number of nitrogens with one attached hydrogen (secondary N) is 1. The van der Waals surface area contributed by atoms with Gasteiger partial charge in [-0.1, -0.05) is 41.4 Å². The molecule has 0 heterocycles. The molecule has 0 aliphatic rings. The molecule has 154 valence electrons. The van der Waals surface area contributed by atoms with Crippen LogP contribution < -0.4 is 14.9 Å². The second kappa shape index (κ2) is 10.5. The van der Waals surface area contributed by atoms with Crippen molar-refractivity contribution < 1.29 is 14.3 Å². The second-order valence-corrected chi connectivity index (χ2v) is 7.24. The van der Waals surface area contributed by atoms with Crippen molar-refractivity contribution in [1.82, 2.24) is 5.43 Å². The number of nitrogens with zero attached hydrogens (tertiary/aromatic N) is 1. The van der Waals surface area contributed by atoms with Crippen molar-refractivity contribution in [2.45, 2.75) is 20.5 Å². The minimum Gasteiger partial charge on any atom is -0.489 e. The van der Waals surface area contributed by atoms with Crippen molar-refractivity contribution in [3.63, 3.8) is 0 Å². The van der Waals surface area contributed by atoms with E-state index in [0.717, 1.165) is 22.4 Å². The van der Waals surface area contributed by atoms with Crippen molar-refractivity contribution in [2.24, 2.45) is 5.10 Å². The number of aryl methyl sites for hydroxylation is 2. The molecule has 3 aromatic rings. The van der Waals surface area contributed by atoms with Crippen LogP contribution in [0.3, 0.4) is 0 Å². The Bertz CT molecular complexity index is 1020. The molecule has 0 aromatic heterocycles. The molecule has 0 saturated heterocycles. The molecule has 1 amide bonds. The number of hydrazone groups is 1. The Morgan fingerprint density at radius 3 is 2.37 bits per heavy atom. The quantitative estimate of drug-likeness (QED) is 0.407. The monoisotopic (exact) mass is 422 g/mol. The lowest BCUT2D eigenvalue weighted by Crippen LogP contribution is -2.24. The van der Waals surface area contributed by atoms with Gasteiger partial charge in [0.15, 0.2) is 6.61 Å². The lowest BCUT2D eigenvalue weighted by atomic mass is 10.2. The van der Waals surface area contributed by atoms with E-state index < -0.39 is 0 Å². The van der Waals surface area contributed by atoms with E-state index in [1.54, 1.807) is 24.4 Å². The summed E-state index contributed by atoms with van der Waals surface area (Å²) >= 11 is 5.97. The van der Waals surface area contributed by atoms with E-state index in [1.807, 2.05) is 31.2 Å². The molecule has 0 aliphatic heterocycles. The number of hydrogen-bond acceptors (Lipinski definition) is 4. The molecule has 0 saturated carbocycles. The number of carbonyl (C=O) groups excluding carboxylic acids is 1. The summed E-state index contributed by atoms with van der Waals surface area (Å²) in [6.07, 6.45) is 1.56. The van der Waals surface area contributed by atoms with E-state index in [2.05, 4.69) is 41.7 Å². The molecule has 0 atom stereocenters. The third-order valence-electron chi connectivity index (χ3n) is 4.31. The molecule has 30 heavy (non-hydrogen) atoms. The van der Waals surface area contributed by atoms with E-state index in [0.29, 0.717) is 17.4 Å². The van der Waals surface area contributed by atoms with Gasteiger partial charge in [-0.25, -0.2) is 5.43 Å². The SMILES string of the molecule is Cc1ccc(COc2ccc(/C=N/NC(=O)COc3ccc(Cl)c(C)c3)cc2)cc1. The first-order chi connectivity index (χ1) is 14.5. The van der Waals surface area contributed by atoms with Crippen LogP contribution >= 0.6 is 11.6 Å². The predicted molar refractivity (Wildman–Crippen MR) is 119 cm³/mol. The highest BCUT2D eigenvalue weighted by Crippen LogP contribution is 2.20. The third-order valence-corrected chi connectivity index (χ3v) is 4.73. The van der Waals surface area contributed by atoms with Gasteiger partial charge in [0.05, 0.1) is 6.21 Å². The number of carbonyl (C=O) groups is 1. The molecule has 0 aliphatic carbocycles. The fourth-order valence-corrected chi connectivity index (χ4v) is 2.69. The molecule has 0 spiro atoms. The number of rotatable bonds is 8. The molecule has 3 rings (SSSR count). The highest BCUT2D eigenvalue weighted by atomic mass is 35.5. The molecular formula is C24H23ClN2O3. The fourth-order valence-electron chi connectivity index (χ4n) is 2.57. The number of ether oxygens (including phenoxy) is 2. The topological polar surface area (TPSA) is 59.9 Å². The van der Waals surface area contributed by atoms with E-state index >= 15 is 0 Å². The summed E-state index contributed by atoms with van der Waals surface area (Å²) in [6, 6.07) is 20.9. The molecule has 5 nitrogen and oxygen atoms in total. The zero-order valence-corrected chi connectivity index (χ0v) is 17.6. The highest BCUT2D eigenvalue weighted by molar-refractivity contribution is 6.31. The Hall–Kier alpha value is -3.31. The van der Waals surface area contributed by atoms with E-state index in [1.165, 1.54) is 5.56 Å². The molecule has 0 fully saturated rings. The lowest BCUT2D eigenvalue weighted by molar-refractivity contribution is -0.123. The van der Waals surface area contributed by atoms with E-state index in [9.17, 15) is 4.79 Å². The van der Waals surface area contributed by atoms with Crippen molar-refractivity contribution in [3.05, 3.63) is 94.0 Å². The Morgan fingerprint density at radius 1 is 0.967 bits per heavy atom. The zero-order valence-electron chi connectivity index (χ0n) is 16.9. The lowest BCUT2D eigenvalue weighted by Gasteiger charge is -2.07. The van der Waals surface area contributed by atoms with Crippen LogP contribution in [0.5, 0.6) is 11.5 Å². The van der Waals surface area contributed by atoms with Gasteiger partial charge in [-0.3, -0.25) is 4.79 Å². The molecule has 0 bridgehead atoms. The van der Waals surface area contributed by atoms with Gasteiger partial charge in [-0.2, -0.15) is 5.10 Å². The maximum atomic E-state index is 11.9. The van der Waals surface area contributed by atoms with Crippen LogP contribution in [0.4, 0.5) is 0 Å². The standard InChI is InChI=1S/C24H23ClN2O3/c1-17-3-5-20(6-4-17)15-29-21-9-7-19(8-10-21)14-26-27-24(28)16-30-22-11-12-23(25)18(2)13-22/h3-14H,15-16H2,1-2H3,(H,27,28)/b26-14+. The van der Waals surface area contributed by atoms with Gasteiger partial charge >= 0.3 is 0 Å². The van der Waals surface area contributed by atoms with E-state index in [4.69, 9.17) is 21.1 Å². The second-order valence-electron chi connectivity index (χ2n) is 6.84. The fraction of sp³-hybridized carbons (Fsp3) is 0.167. The van der Waals surface area contributed by atoms with Gasteiger partial charge < -0.3 is 9.47 Å². The first-order valence-corrected chi connectivity index (χ1v) is 9.87. The first-order valence-electron chi connectivity index (χ1n) is 9.49. The van der Waals surface area contributed by atoms with Crippen molar-refractivity contribution in [2.75, 3.05) is 6.61 Å². The summed E-state index contributed by atoms with van der Waals surface area (Å²) < 4.78 is 11.2. The van der Waals surface area contributed by atoms with Gasteiger partial charge in [-0.15, -0.1) is 0 Å². The van der Waals surface area contributed by atoms with Crippen molar-refractivity contribution >= 4 is 23.7 Å². The summed E-state index contributed by atoms with van der Waals surface area (Å²) in [5.74, 6) is 0.998. The minimum absolute atomic E-state index is 0.135. The summed E-state index contributed by atoms with van der Waals surface area (Å²) in [4.78, 5) is 11.9. The molecule has 6 heteroatoms. The summed E-state index contributed by atoms with van der Waals surface area (Å²) in [5, 5.41) is 4.61. The molecule has 0 radical (unpaired) electrons. The molecule has 1 N–H and O–H groups in total. The summed E-state index contributed by atoms with van der Waals surface area (Å²) in [7, 11) is 0. The molecular weight excluding hydrogens is 400 g/mol. The number of halogens is 1. The molecule has 3 aromatic carbocycles. The van der Waals surface area contributed by atoms with Gasteiger partial charge in [0.2, 0.25) is 0 Å². The van der Waals surface area contributed by atoms with Gasteiger partial charge in [0.1, 0.15) is 18.1 Å². The van der Waals surface area contributed by atoms with Crippen molar-refractivity contribution in [1.29, 1.82) is 0 Å². The normalized spacial score (nSPS) is 10.8. The van der Waals surface area contributed by atoms with Crippen molar-refractivity contribution in [3.8, 4) is 11.5 Å². The maximum Gasteiger partial charge on any atom is 0.277 e. The largest absolute Gasteiger partial charge is 0.489 e. The smallest absolute Gasteiger partial charge is 0.277 e. The summed E-state index contributed by atoms with van der Waals surface area (Å²) in [5.41, 5.74) is 6.51. The number of amides is 1. The van der Waals surface area contributed by atoms with Crippen LogP contribution in [0.1, 0.15) is 22.3 Å². The Morgan fingerprint density at radius 2 is 1.67 bits per heavy atom. The van der Waals surface area contributed by atoms with Crippen LogP contribution in [-0.2, 0) is 11.4 Å². The van der Waals surface area contributed by atoms with Gasteiger partial charge in [-0.05, 0) is 73.0 Å². The van der Waals surface area contributed by atoms with Gasteiger partial charge in [0, 0.05) is 5.02 Å². The Kier molecular flexibility index (Phi) is 7.46. The number of benzene rings is 3. The third kappa shape index (κ3) is 6.64. The highest BCUT2D eigenvalue weighted by Gasteiger charge is 2.03. The Labute approximate surface area is 181 Å². The van der Waals surface area contributed by atoms with Crippen LogP contribution in [0, 0.1) is 13.8 Å².